The molecule has 1 heterocycles. The van der Waals surface area contributed by atoms with Gasteiger partial charge in [0.15, 0.2) is 0 Å². The number of aldehydes is 1. The first-order valence-electron chi connectivity index (χ1n) is 13.4. The van der Waals surface area contributed by atoms with Crippen molar-refractivity contribution in [3.8, 4) is 0 Å². The minimum absolute atomic E-state index is 0.0537. The number of rotatable bonds is 19. The van der Waals surface area contributed by atoms with Crippen LogP contribution in [-0.4, -0.2) is 37.6 Å². The van der Waals surface area contributed by atoms with Gasteiger partial charge in [0.05, 0.1) is 5.25 Å². The first-order chi connectivity index (χ1) is 18.2. The van der Waals surface area contributed by atoms with Gasteiger partial charge in [0.1, 0.15) is 6.29 Å². The summed E-state index contributed by atoms with van der Waals surface area (Å²) in [4.78, 5) is 22.8. The van der Waals surface area contributed by atoms with Crippen molar-refractivity contribution in [1.29, 1.82) is 0 Å². The van der Waals surface area contributed by atoms with E-state index in [0.29, 0.717) is 18.1 Å². The van der Waals surface area contributed by atoms with Gasteiger partial charge in [-0.3, -0.25) is 4.79 Å². The van der Waals surface area contributed by atoms with Crippen LogP contribution < -0.4 is 0 Å². The molecule has 37 heavy (non-hydrogen) atoms. The van der Waals surface area contributed by atoms with Crippen molar-refractivity contribution >= 4 is 24.0 Å². The molecule has 1 aromatic heterocycles. The average Bonchev–Trinajstić information content (AvgIpc) is 3.36. The highest BCUT2D eigenvalue weighted by Crippen LogP contribution is 2.34. The van der Waals surface area contributed by atoms with Gasteiger partial charge in [0, 0.05) is 13.0 Å². The van der Waals surface area contributed by atoms with Gasteiger partial charge in [0.2, 0.25) is 5.16 Å². The number of carboxylic acid groups (broad SMARTS) is 1. The van der Waals surface area contributed by atoms with Crippen LogP contribution in [0.25, 0.3) is 0 Å². The van der Waals surface area contributed by atoms with Gasteiger partial charge < -0.3 is 9.90 Å². The maximum Gasteiger partial charge on any atom is 0.303 e. The standard InChI is InChI=1S/C29H38N4O3S/c34-23-27(37-29-30-31-32-33(29)22-14-21-28(35)36)26-20-13-12-19-25(26)18-11-6-4-2-1-3-5-8-15-24-16-9-7-10-17-24/h7,9-10,12-13,16-17,19-20,23,27H,1-6,8,11,14-15,18,21-22H2,(H,35,36). The summed E-state index contributed by atoms with van der Waals surface area (Å²) >= 11 is 1.31. The van der Waals surface area contributed by atoms with E-state index in [1.165, 1.54) is 74.3 Å². The summed E-state index contributed by atoms with van der Waals surface area (Å²) in [6, 6.07) is 18.8. The maximum atomic E-state index is 12.0. The molecule has 1 atom stereocenters. The van der Waals surface area contributed by atoms with Crippen LogP contribution >= 0.6 is 11.8 Å². The van der Waals surface area contributed by atoms with Gasteiger partial charge in [-0.2, -0.15) is 0 Å². The third-order valence-electron chi connectivity index (χ3n) is 6.48. The number of aliphatic carboxylic acids is 1. The monoisotopic (exact) mass is 522 g/mol. The predicted octanol–water partition coefficient (Wildman–Crippen LogP) is 6.48. The highest BCUT2D eigenvalue weighted by molar-refractivity contribution is 8.00. The molecule has 8 heteroatoms. The van der Waals surface area contributed by atoms with Crippen molar-refractivity contribution in [1.82, 2.24) is 20.2 Å². The smallest absolute Gasteiger partial charge is 0.303 e. The zero-order chi connectivity index (χ0) is 26.1. The lowest BCUT2D eigenvalue weighted by Crippen LogP contribution is -2.07. The Bertz CT molecular complexity index is 1070. The number of nitrogens with zero attached hydrogens (tertiary/aromatic N) is 4. The second-order valence-electron chi connectivity index (χ2n) is 9.37. The summed E-state index contributed by atoms with van der Waals surface area (Å²) in [6.07, 6.45) is 13.6. The average molecular weight is 523 g/mol. The van der Waals surface area contributed by atoms with Crippen molar-refractivity contribution in [2.24, 2.45) is 0 Å². The number of unbranched alkanes of at least 4 members (excludes halogenated alkanes) is 7. The summed E-state index contributed by atoms with van der Waals surface area (Å²) in [5, 5.41) is 20.7. The number of thioether (sulfide) groups is 1. The molecule has 0 amide bonds. The number of tetrazole rings is 1. The summed E-state index contributed by atoms with van der Waals surface area (Å²) in [5.41, 5.74) is 3.63. The van der Waals surface area contributed by atoms with Crippen molar-refractivity contribution in [3.05, 3.63) is 71.3 Å². The van der Waals surface area contributed by atoms with Crippen molar-refractivity contribution < 1.29 is 14.7 Å². The van der Waals surface area contributed by atoms with Crippen LogP contribution in [0.1, 0.15) is 86.1 Å². The van der Waals surface area contributed by atoms with Gasteiger partial charge >= 0.3 is 5.97 Å². The normalized spacial score (nSPS) is 11.9. The number of hydrogen-bond donors (Lipinski definition) is 1. The second-order valence-corrected chi connectivity index (χ2v) is 10.5. The number of carbonyl (C=O) groups is 2. The van der Waals surface area contributed by atoms with E-state index in [1.54, 1.807) is 4.68 Å². The lowest BCUT2D eigenvalue weighted by molar-refractivity contribution is -0.137. The molecule has 0 radical (unpaired) electrons. The quantitative estimate of drug-likeness (QED) is 0.109. The van der Waals surface area contributed by atoms with E-state index >= 15 is 0 Å². The number of carbonyl (C=O) groups excluding carboxylic acids is 1. The molecule has 0 aliphatic rings. The molecule has 0 fully saturated rings. The Labute approximate surface area is 224 Å². The second kappa shape index (κ2) is 16.7. The van der Waals surface area contributed by atoms with Crippen molar-refractivity contribution in [2.75, 3.05) is 0 Å². The van der Waals surface area contributed by atoms with E-state index in [2.05, 4.69) is 51.9 Å². The molecule has 1 N–H and O–H groups in total. The molecular formula is C29H38N4O3S. The van der Waals surface area contributed by atoms with Crippen LogP contribution in [-0.2, 0) is 29.0 Å². The Kier molecular flexibility index (Phi) is 12.9. The fourth-order valence-electron chi connectivity index (χ4n) is 4.47. The SMILES string of the molecule is O=CC(Sc1nnnn1CCCC(=O)O)c1ccccc1CCCCCCCCCCc1ccccc1. The highest BCUT2D eigenvalue weighted by atomic mass is 32.2. The zero-order valence-electron chi connectivity index (χ0n) is 21.5. The maximum absolute atomic E-state index is 12.0. The molecule has 3 rings (SSSR count). The predicted molar refractivity (Wildman–Crippen MR) is 147 cm³/mol. The largest absolute Gasteiger partial charge is 0.481 e. The van der Waals surface area contributed by atoms with Gasteiger partial charge in [-0.15, -0.1) is 5.10 Å². The number of benzene rings is 2. The van der Waals surface area contributed by atoms with Crippen LogP contribution in [0.2, 0.25) is 0 Å². The van der Waals surface area contributed by atoms with E-state index in [0.717, 1.165) is 24.7 Å². The molecule has 0 aliphatic carbocycles. The first-order valence-corrected chi connectivity index (χ1v) is 14.3. The topological polar surface area (TPSA) is 98.0 Å². The molecule has 0 spiro atoms. The fraction of sp³-hybridized carbons (Fsp3) is 0.483. The molecule has 3 aromatic rings. The molecule has 2 aromatic carbocycles. The molecule has 0 bridgehead atoms. The van der Waals surface area contributed by atoms with E-state index in [4.69, 9.17) is 5.11 Å². The fourth-order valence-corrected chi connectivity index (χ4v) is 5.44. The van der Waals surface area contributed by atoms with Gasteiger partial charge in [-0.25, -0.2) is 4.68 Å². The van der Waals surface area contributed by atoms with Gasteiger partial charge in [-0.1, -0.05) is 105 Å². The van der Waals surface area contributed by atoms with E-state index < -0.39 is 11.2 Å². The summed E-state index contributed by atoms with van der Waals surface area (Å²) in [5.74, 6) is -0.846. The Morgan fingerprint density at radius 2 is 1.51 bits per heavy atom. The third kappa shape index (κ3) is 10.5. The Hall–Kier alpha value is -3.00. The van der Waals surface area contributed by atoms with Crippen LogP contribution in [0.15, 0.2) is 59.8 Å². The molecule has 0 saturated heterocycles. The number of aryl methyl sites for hydroxylation is 3. The van der Waals surface area contributed by atoms with E-state index in [1.807, 2.05) is 18.2 Å². The lowest BCUT2D eigenvalue weighted by Gasteiger charge is -2.15. The summed E-state index contributed by atoms with van der Waals surface area (Å²) in [6.45, 7) is 0.405. The molecule has 198 valence electrons. The number of carboxylic acids is 1. The Morgan fingerprint density at radius 1 is 0.865 bits per heavy atom. The number of hydrogen-bond acceptors (Lipinski definition) is 6. The van der Waals surface area contributed by atoms with Crippen LogP contribution in [0.3, 0.4) is 0 Å². The molecule has 0 aliphatic heterocycles. The van der Waals surface area contributed by atoms with Gasteiger partial charge in [0.25, 0.3) is 0 Å². The number of aromatic nitrogens is 4. The molecular weight excluding hydrogens is 484 g/mol. The zero-order valence-corrected chi connectivity index (χ0v) is 22.3. The first kappa shape index (κ1) is 28.6. The molecule has 0 saturated carbocycles. The van der Waals surface area contributed by atoms with Crippen molar-refractivity contribution in [2.45, 2.75) is 94.0 Å². The Morgan fingerprint density at radius 3 is 2.22 bits per heavy atom. The van der Waals surface area contributed by atoms with Crippen LogP contribution in [0.5, 0.6) is 0 Å². The van der Waals surface area contributed by atoms with Crippen LogP contribution in [0, 0.1) is 0 Å². The summed E-state index contributed by atoms with van der Waals surface area (Å²) < 4.78 is 1.58. The summed E-state index contributed by atoms with van der Waals surface area (Å²) in [7, 11) is 0. The molecule has 7 nitrogen and oxygen atoms in total. The lowest BCUT2D eigenvalue weighted by atomic mass is 9.98. The van der Waals surface area contributed by atoms with Crippen LogP contribution in [0.4, 0.5) is 0 Å². The highest BCUT2D eigenvalue weighted by Gasteiger charge is 2.19. The van der Waals surface area contributed by atoms with E-state index in [-0.39, 0.29) is 6.42 Å². The third-order valence-corrected chi connectivity index (χ3v) is 7.60. The Balaban J connectivity index is 1.37. The van der Waals surface area contributed by atoms with E-state index in [9.17, 15) is 9.59 Å². The minimum Gasteiger partial charge on any atom is -0.481 e. The molecule has 1 unspecified atom stereocenters. The van der Waals surface area contributed by atoms with Crippen molar-refractivity contribution in [3.63, 3.8) is 0 Å². The van der Waals surface area contributed by atoms with Gasteiger partial charge in [-0.05, 0) is 59.2 Å². The minimum atomic E-state index is -0.846.